The van der Waals surface area contributed by atoms with Gasteiger partial charge in [0.2, 0.25) is 0 Å². The molecule has 22 heavy (non-hydrogen) atoms. The zero-order valence-electron chi connectivity index (χ0n) is 13.2. The fourth-order valence-electron chi connectivity index (χ4n) is 3.23. The lowest BCUT2D eigenvalue weighted by Crippen LogP contribution is -2.47. The van der Waals surface area contributed by atoms with Crippen LogP contribution >= 0.6 is 0 Å². The van der Waals surface area contributed by atoms with Gasteiger partial charge in [-0.25, -0.2) is 0 Å². The van der Waals surface area contributed by atoms with Crippen LogP contribution in [0.4, 0.5) is 0 Å². The van der Waals surface area contributed by atoms with E-state index in [1.165, 1.54) is 0 Å². The van der Waals surface area contributed by atoms with Crippen molar-refractivity contribution in [3.05, 3.63) is 35.9 Å². The first kappa shape index (κ1) is 14.8. The summed E-state index contributed by atoms with van der Waals surface area (Å²) in [5.74, 6) is 0.0767. The highest BCUT2D eigenvalue weighted by Crippen LogP contribution is 2.32. The minimum absolute atomic E-state index is 0.0518. The molecule has 0 aliphatic carbocycles. The quantitative estimate of drug-likeness (QED) is 0.941. The minimum atomic E-state index is -0.0518. The van der Waals surface area contributed by atoms with Crippen molar-refractivity contribution in [3.63, 3.8) is 0 Å². The number of amides is 1. The molecule has 1 saturated heterocycles. The molecule has 118 valence electrons. The lowest BCUT2D eigenvalue weighted by Gasteiger charge is -2.39. The van der Waals surface area contributed by atoms with E-state index in [0.717, 1.165) is 38.0 Å². The highest BCUT2D eigenvalue weighted by Gasteiger charge is 2.36. The number of carbonyl (C=O) groups excluding carboxylic acids is 1. The summed E-state index contributed by atoms with van der Waals surface area (Å²) in [4.78, 5) is 14.7. The van der Waals surface area contributed by atoms with Crippen molar-refractivity contribution in [1.29, 1.82) is 0 Å². The Morgan fingerprint density at radius 2 is 2.36 bits per heavy atom. The third-order valence-electron chi connectivity index (χ3n) is 4.47. The second-order valence-corrected chi connectivity index (χ2v) is 6.35. The molecule has 0 unspecified atom stereocenters. The maximum atomic E-state index is 12.7. The Morgan fingerprint density at radius 1 is 1.50 bits per heavy atom. The second kappa shape index (κ2) is 5.94. The minimum Gasteiger partial charge on any atom is -0.338 e. The normalized spacial score (nSPS) is 22.0. The molecule has 1 N–H and O–H groups in total. The standard InChI is InChI=1S/C16H23N5O/c1-3-8-21-11-13(10-18-21)15(22)20-9-4-6-16(2,12-20)14-5-7-17-19-14/h5,7,10-11H,3-4,6,8-9,12H2,1-2H3,(H,17,19)/t16-/m1/s1. The fraction of sp³-hybridized carbons (Fsp3) is 0.562. The van der Waals surface area contributed by atoms with Gasteiger partial charge in [0.1, 0.15) is 0 Å². The third-order valence-corrected chi connectivity index (χ3v) is 4.47. The van der Waals surface area contributed by atoms with Crippen molar-refractivity contribution in [3.8, 4) is 0 Å². The van der Waals surface area contributed by atoms with E-state index in [1.807, 2.05) is 21.8 Å². The molecule has 3 rings (SSSR count). The summed E-state index contributed by atoms with van der Waals surface area (Å²) in [6.45, 7) is 6.66. The third kappa shape index (κ3) is 2.77. The van der Waals surface area contributed by atoms with Crippen LogP contribution < -0.4 is 0 Å². The van der Waals surface area contributed by atoms with Gasteiger partial charge in [-0.05, 0) is 25.3 Å². The van der Waals surface area contributed by atoms with Crippen LogP contribution in [-0.4, -0.2) is 43.9 Å². The number of nitrogens with zero attached hydrogens (tertiary/aromatic N) is 4. The van der Waals surface area contributed by atoms with Crippen LogP contribution in [0.3, 0.4) is 0 Å². The number of carbonyl (C=O) groups is 1. The molecule has 6 nitrogen and oxygen atoms in total. The summed E-state index contributed by atoms with van der Waals surface area (Å²) in [6.07, 6.45) is 8.39. The monoisotopic (exact) mass is 301 g/mol. The van der Waals surface area contributed by atoms with E-state index < -0.39 is 0 Å². The first-order valence-corrected chi connectivity index (χ1v) is 7.94. The number of aromatic amines is 1. The smallest absolute Gasteiger partial charge is 0.257 e. The van der Waals surface area contributed by atoms with Crippen molar-refractivity contribution in [2.24, 2.45) is 0 Å². The molecule has 1 aliphatic rings. The van der Waals surface area contributed by atoms with Crippen LogP contribution in [0, 0.1) is 0 Å². The maximum Gasteiger partial charge on any atom is 0.257 e. The molecule has 0 bridgehead atoms. The molecule has 2 aromatic heterocycles. The van der Waals surface area contributed by atoms with Gasteiger partial charge in [0.15, 0.2) is 0 Å². The molecule has 3 heterocycles. The maximum absolute atomic E-state index is 12.7. The molecule has 1 fully saturated rings. The van der Waals surface area contributed by atoms with Crippen LogP contribution in [-0.2, 0) is 12.0 Å². The molecule has 2 aromatic rings. The highest BCUT2D eigenvalue weighted by molar-refractivity contribution is 5.93. The number of hydrogen-bond donors (Lipinski definition) is 1. The van der Waals surface area contributed by atoms with E-state index in [4.69, 9.17) is 0 Å². The molecule has 0 spiro atoms. The number of hydrogen-bond acceptors (Lipinski definition) is 3. The average Bonchev–Trinajstić information content (AvgIpc) is 3.19. The van der Waals surface area contributed by atoms with Gasteiger partial charge in [-0.3, -0.25) is 14.6 Å². The first-order valence-electron chi connectivity index (χ1n) is 7.94. The zero-order valence-corrected chi connectivity index (χ0v) is 13.2. The topological polar surface area (TPSA) is 66.8 Å². The second-order valence-electron chi connectivity index (χ2n) is 6.35. The molecular weight excluding hydrogens is 278 g/mol. The largest absolute Gasteiger partial charge is 0.338 e. The van der Waals surface area contributed by atoms with E-state index in [9.17, 15) is 4.79 Å². The Kier molecular flexibility index (Phi) is 4.00. The molecule has 0 aromatic carbocycles. The Labute approximate surface area is 130 Å². The zero-order chi connectivity index (χ0) is 15.6. The van der Waals surface area contributed by atoms with E-state index in [1.54, 1.807) is 12.4 Å². The Bertz CT molecular complexity index is 633. The van der Waals surface area contributed by atoms with Gasteiger partial charge < -0.3 is 4.90 Å². The predicted octanol–water partition coefficient (Wildman–Crippen LogP) is 2.21. The van der Waals surface area contributed by atoms with Gasteiger partial charge in [0, 0.05) is 43.1 Å². The molecule has 1 aliphatic heterocycles. The van der Waals surface area contributed by atoms with Crippen molar-refractivity contribution < 1.29 is 4.79 Å². The van der Waals surface area contributed by atoms with Crippen LogP contribution in [0.1, 0.15) is 49.2 Å². The summed E-state index contributed by atoms with van der Waals surface area (Å²) in [7, 11) is 0. The SMILES string of the molecule is CCCn1cc(C(=O)N2CCC[C@@](C)(c3ccn[nH]3)C2)cn1. The molecule has 6 heteroatoms. The number of aromatic nitrogens is 4. The molecule has 1 atom stereocenters. The van der Waals surface area contributed by atoms with Gasteiger partial charge in [-0.15, -0.1) is 0 Å². The van der Waals surface area contributed by atoms with Crippen LogP contribution in [0.2, 0.25) is 0 Å². The summed E-state index contributed by atoms with van der Waals surface area (Å²) < 4.78 is 1.84. The van der Waals surface area contributed by atoms with E-state index >= 15 is 0 Å². The number of likely N-dealkylation sites (tertiary alicyclic amines) is 1. The predicted molar refractivity (Wildman–Crippen MR) is 83.6 cm³/mol. The van der Waals surface area contributed by atoms with Gasteiger partial charge in [0.25, 0.3) is 5.91 Å². The van der Waals surface area contributed by atoms with Gasteiger partial charge in [-0.2, -0.15) is 10.2 Å². The van der Waals surface area contributed by atoms with E-state index in [0.29, 0.717) is 12.1 Å². The van der Waals surface area contributed by atoms with Crippen molar-refractivity contribution >= 4 is 5.91 Å². The number of piperidine rings is 1. The summed E-state index contributed by atoms with van der Waals surface area (Å²) in [6, 6.07) is 2.01. The highest BCUT2D eigenvalue weighted by atomic mass is 16.2. The summed E-state index contributed by atoms with van der Waals surface area (Å²) in [5.41, 5.74) is 1.73. The average molecular weight is 301 g/mol. The number of nitrogens with one attached hydrogen (secondary N) is 1. The lowest BCUT2D eigenvalue weighted by molar-refractivity contribution is 0.0647. The van der Waals surface area contributed by atoms with Crippen LogP contribution in [0.15, 0.2) is 24.7 Å². The summed E-state index contributed by atoms with van der Waals surface area (Å²) in [5, 5.41) is 11.4. The van der Waals surface area contributed by atoms with E-state index in [2.05, 4.69) is 29.1 Å². The Morgan fingerprint density at radius 3 is 3.09 bits per heavy atom. The van der Waals surface area contributed by atoms with E-state index in [-0.39, 0.29) is 11.3 Å². The fourth-order valence-corrected chi connectivity index (χ4v) is 3.23. The number of aryl methyl sites for hydroxylation is 1. The van der Waals surface area contributed by atoms with Gasteiger partial charge in [0.05, 0.1) is 11.8 Å². The molecule has 0 radical (unpaired) electrons. The molecule has 0 saturated carbocycles. The van der Waals surface area contributed by atoms with Crippen molar-refractivity contribution in [1.82, 2.24) is 24.9 Å². The first-order chi connectivity index (χ1) is 10.6. The van der Waals surface area contributed by atoms with Crippen molar-refractivity contribution in [2.45, 2.75) is 45.1 Å². The van der Waals surface area contributed by atoms with Gasteiger partial charge in [-0.1, -0.05) is 13.8 Å². The van der Waals surface area contributed by atoms with Gasteiger partial charge >= 0.3 is 0 Å². The number of rotatable bonds is 4. The van der Waals surface area contributed by atoms with Crippen LogP contribution in [0.5, 0.6) is 0 Å². The summed E-state index contributed by atoms with van der Waals surface area (Å²) >= 11 is 0. The van der Waals surface area contributed by atoms with Crippen LogP contribution in [0.25, 0.3) is 0 Å². The lowest BCUT2D eigenvalue weighted by atomic mass is 9.79. The Balaban J connectivity index is 1.75. The number of H-pyrrole nitrogens is 1. The Hall–Kier alpha value is -2.11. The molecule has 1 amide bonds. The molecular formula is C16H23N5O. The van der Waals surface area contributed by atoms with Crippen molar-refractivity contribution in [2.75, 3.05) is 13.1 Å².